The molecule has 2 rings (SSSR count). The average molecular weight is 421 g/mol. The summed E-state index contributed by atoms with van der Waals surface area (Å²) < 4.78 is 26.6. The van der Waals surface area contributed by atoms with Crippen LogP contribution in [-0.4, -0.2) is 47.9 Å². The van der Waals surface area contributed by atoms with Gasteiger partial charge in [-0.1, -0.05) is 13.3 Å². The minimum absolute atomic E-state index is 0.0135. The normalized spacial score (nSPS) is 19.0. The van der Waals surface area contributed by atoms with Crippen molar-refractivity contribution in [2.75, 3.05) is 12.3 Å². The summed E-state index contributed by atoms with van der Waals surface area (Å²) >= 11 is 3.22. The van der Waals surface area contributed by atoms with E-state index in [4.69, 9.17) is 0 Å². The highest BCUT2D eigenvalue weighted by atomic mass is 79.9. The maximum atomic E-state index is 12.3. The number of hydrazine groups is 1. The summed E-state index contributed by atoms with van der Waals surface area (Å²) in [5, 5.41) is 0. The average Bonchev–Trinajstić information content (AvgIpc) is 2.99. The lowest BCUT2D eigenvalue weighted by Gasteiger charge is -2.33. The van der Waals surface area contributed by atoms with E-state index in [-0.39, 0.29) is 11.4 Å². The lowest BCUT2D eigenvalue weighted by molar-refractivity contribution is -0.126. The smallest absolute Gasteiger partial charge is 0.286 e. The van der Waals surface area contributed by atoms with Crippen molar-refractivity contribution in [3.05, 3.63) is 22.4 Å². The lowest BCUT2D eigenvalue weighted by Crippen LogP contribution is -2.55. The van der Waals surface area contributed by atoms with Crippen molar-refractivity contribution in [1.82, 2.24) is 20.1 Å². The molecule has 1 aliphatic heterocycles. The van der Waals surface area contributed by atoms with Crippen molar-refractivity contribution >= 4 is 37.8 Å². The third kappa shape index (κ3) is 4.58. The number of halogens is 1. The molecule has 3 N–H and O–H groups in total. The van der Waals surface area contributed by atoms with Crippen LogP contribution in [0.2, 0.25) is 0 Å². The van der Waals surface area contributed by atoms with Crippen LogP contribution in [0.4, 0.5) is 0 Å². The number of sulfonamides is 1. The van der Waals surface area contributed by atoms with Gasteiger partial charge in [-0.2, -0.15) is 4.31 Å². The Labute approximate surface area is 149 Å². The third-order valence-electron chi connectivity index (χ3n) is 3.77. The third-order valence-corrected chi connectivity index (χ3v) is 6.30. The van der Waals surface area contributed by atoms with Crippen molar-refractivity contribution in [2.24, 2.45) is 0 Å². The second kappa shape index (κ2) is 8.13. The highest BCUT2D eigenvalue weighted by Crippen LogP contribution is 2.21. The van der Waals surface area contributed by atoms with Gasteiger partial charge in [0.2, 0.25) is 10.0 Å². The van der Waals surface area contributed by atoms with Gasteiger partial charge in [0.25, 0.3) is 11.8 Å². The summed E-state index contributed by atoms with van der Waals surface area (Å²) in [5.74, 6) is -1.01. The molecule has 0 saturated carbocycles. The van der Waals surface area contributed by atoms with E-state index in [9.17, 15) is 18.0 Å². The summed E-state index contributed by atoms with van der Waals surface area (Å²) in [6, 6.07) is 0.783. The number of hydrogen-bond donors (Lipinski definition) is 3. The number of H-pyrrole nitrogens is 1. The zero-order valence-electron chi connectivity index (χ0n) is 13.3. The van der Waals surface area contributed by atoms with Gasteiger partial charge in [-0.25, -0.2) is 8.42 Å². The van der Waals surface area contributed by atoms with Gasteiger partial charge in [0, 0.05) is 17.2 Å². The minimum Gasteiger partial charge on any atom is -0.356 e. The van der Waals surface area contributed by atoms with E-state index in [1.54, 1.807) is 19.2 Å². The van der Waals surface area contributed by atoms with E-state index in [0.717, 1.165) is 12.8 Å². The molecule has 24 heavy (non-hydrogen) atoms. The van der Waals surface area contributed by atoms with Gasteiger partial charge in [0.1, 0.15) is 11.7 Å². The van der Waals surface area contributed by atoms with Crippen molar-refractivity contribution < 1.29 is 18.0 Å². The number of amides is 2. The SMILES string of the molecule is CCCS(=O)(=O)N1CCCCC1C(=O)NNC(=O)c1cc(Br)c[nH]1. The molecular formula is C14H21BrN4O4S. The summed E-state index contributed by atoms with van der Waals surface area (Å²) in [4.78, 5) is 27.0. The summed E-state index contributed by atoms with van der Waals surface area (Å²) in [6.07, 6.45) is 4.03. The van der Waals surface area contributed by atoms with Crippen LogP contribution in [0.1, 0.15) is 43.1 Å². The fourth-order valence-corrected chi connectivity index (χ4v) is 4.73. The van der Waals surface area contributed by atoms with Gasteiger partial charge in [0.05, 0.1) is 5.75 Å². The molecule has 1 atom stereocenters. The molecule has 0 spiro atoms. The van der Waals surface area contributed by atoms with E-state index >= 15 is 0 Å². The molecule has 2 heterocycles. The molecular weight excluding hydrogens is 400 g/mol. The number of aromatic amines is 1. The van der Waals surface area contributed by atoms with E-state index in [1.807, 2.05) is 0 Å². The monoisotopic (exact) mass is 420 g/mol. The molecule has 1 fully saturated rings. The van der Waals surface area contributed by atoms with Crippen LogP contribution in [0.5, 0.6) is 0 Å². The Balaban J connectivity index is 2.00. The summed E-state index contributed by atoms with van der Waals surface area (Å²) in [6.45, 7) is 2.11. The molecule has 10 heteroatoms. The van der Waals surface area contributed by atoms with Crippen LogP contribution >= 0.6 is 15.9 Å². The fourth-order valence-electron chi connectivity index (χ4n) is 2.64. The summed E-state index contributed by atoms with van der Waals surface area (Å²) in [7, 11) is -3.47. The van der Waals surface area contributed by atoms with Crippen LogP contribution in [0.3, 0.4) is 0 Å². The zero-order chi connectivity index (χ0) is 17.7. The lowest BCUT2D eigenvalue weighted by atomic mass is 10.0. The first-order chi connectivity index (χ1) is 11.3. The molecule has 0 aliphatic carbocycles. The number of carbonyl (C=O) groups is 2. The first-order valence-electron chi connectivity index (χ1n) is 7.78. The van der Waals surface area contributed by atoms with Gasteiger partial charge in [0.15, 0.2) is 0 Å². The molecule has 0 radical (unpaired) electrons. The number of aromatic nitrogens is 1. The molecule has 1 aliphatic rings. The Hall–Kier alpha value is -1.39. The standard InChI is InChI=1S/C14H21BrN4O4S/c1-2-7-24(22,23)19-6-4-3-5-12(19)14(21)18-17-13(20)11-8-10(15)9-16-11/h8-9,12,16H,2-7H2,1H3,(H,17,20)(H,18,21). The van der Waals surface area contributed by atoms with E-state index in [0.29, 0.717) is 23.9 Å². The molecule has 1 aromatic rings. The van der Waals surface area contributed by atoms with Gasteiger partial charge in [-0.3, -0.25) is 20.4 Å². The Morgan fingerprint density at radius 2 is 2.12 bits per heavy atom. The molecule has 2 amide bonds. The van der Waals surface area contributed by atoms with Gasteiger partial charge < -0.3 is 4.98 Å². The second-order valence-electron chi connectivity index (χ2n) is 5.61. The molecule has 1 saturated heterocycles. The van der Waals surface area contributed by atoms with Crippen LogP contribution < -0.4 is 10.9 Å². The number of nitrogens with zero attached hydrogens (tertiary/aromatic N) is 1. The fraction of sp³-hybridized carbons (Fsp3) is 0.571. The topological polar surface area (TPSA) is 111 Å². The van der Waals surface area contributed by atoms with Crippen LogP contribution in [0.15, 0.2) is 16.7 Å². The van der Waals surface area contributed by atoms with Crippen molar-refractivity contribution in [3.63, 3.8) is 0 Å². The predicted octanol–water partition coefficient (Wildman–Crippen LogP) is 1.13. The predicted molar refractivity (Wildman–Crippen MR) is 92.5 cm³/mol. The number of nitrogens with one attached hydrogen (secondary N) is 3. The van der Waals surface area contributed by atoms with E-state index in [1.165, 1.54) is 4.31 Å². The van der Waals surface area contributed by atoms with Gasteiger partial charge in [-0.05, 0) is 41.3 Å². The molecule has 0 aromatic carbocycles. The van der Waals surface area contributed by atoms with Gasteiger partial charge >= 0.3 is 0 Å². The number of piperidine rings is 1. The van der Waals surface area contributed by atoms with E-state index in [2.05, 4.69) is 31.8 Å². The summed E-state index contributed by atoms with van der Waals surface area (Å²) in [5.41, 5.74) is 4.90. The molecule has 1 aromatic heterocycles. The first kappa shape index (κ1) is 18.9. The van der Waals surface area contributed by atoms with Crippen LogP contribution in [0.25, 0.3) is 0 Å². The van der Waals surface area contributed by atoms with Crippen LogP contribution in [-0.2, 0) is 14.8 Å². The molecule has 0 bridgehead atoms. The largest absolute Gasteiger partial charge is 0.356 e. The first-order valence-corrected chi connectivity index (χ1v) is 10.2. The van der Waals surface area contributed by atoms with Crippen molar-refractivity contribution in [1.29, 1.82) is 0 Å². The quantitative estimate of drug-likeness (QED) is 0.619. The maximum Gasteiger partial charge on any atom is 0.286 e. The van der Waals surface area contributed by atoms with Crippen molar-refractivity contribution in [2.45, 2.75) is 38.6 Å². The number of carbonyl (C=O) groups excluding carboxylic acids is 2. The number of rotatable bonds is 5. The minimum atomic E-state index is -3.47. The molecule has 8 nitrogen and oxygen atoms in total. The highest BCUT2D eigenvalue weighted by Gasteiger charge is 2.36. The zero-order valence-corrected chi connectivity index (χ0v) is 15.7. The van der Waals surface area contributed by atoms with E-state index < -0.39 is 27.9 Å². The number of hydrogen-bond acceptors (Lipinski definition) is 4. The maximum absolute atomic E-state index is 12.3. The second-order valence-corrected chi connectivity index (χ2v) is 8.57. The van der Waals surface area contributed by atoms with Gasteiger partial charge in [-0.15, -0.1) is 0 Å². The Morgan fingerprint density at radius 1 is 1.38 bits per heavy atom. The van der Waals surface area contributed by atoms with Crippen LogP contribution in [0, 0.1) is 0 Å². The van der Waals surface area contributed by atoms with Crippen molar-refractivity contribution in [3.8, 4) is 0 Å². The molecule has 1 unspecified atom stereocenters. The highest BCUT2D eigenvalue weighted by molar-refractivity contribution is 9.10. The Bertz CT molecular complexity index is 703. The Kier molecular flexibility index (Phi) is 6.41. The molecule has 134 valence electrons. The Morgan fingerprint density at radius 3 is 2.75 bits per heavy atom.